The molecule has 1 fully saturated rings. The molecular formula is C22H44O4. The average molecular weight is 373 g/mol. The highest BCUT2D eigenvalue weighted by Crippen LogP contribution is 2.37. The Morgan fingerprint density at radius 1 is 0.615 bits per heavy atom. The monoisotopic (exact) mass is 372 g/mol. The van der Waals surface area contributed by atoms with Gasteiger partial charge in [-0.15, -0.1) is 0 Å². The highest BCUT2D eigenvalue weighted by atomic mass is 16.6. The van der Waals surface area contributed by atoms with Crippen LogP contribution in [0, 0.1) is 0 Å². The number of rotatable bonds is 4. The van der Waals surface area contributed by atoms with E-state index in [0.29, 0.717) is 26.4 Å². The van der Waals surface area contributed by atoms with Crippen molar-refractivity contribution in [3.8, 4) is 0 Å². The van der Waals surface area contributed by atoms with Gasteiger partial charge in [-0.1, -0.05) is 27.7 Å². The van der Waals surface area contributed by atoms with E-state index in [-0.39, 0.29) is 22.4 Å². The fourth-order valence-electron chi connectivity index (χ4n) is 3.52. The van der Waals surface area contributed by atoms with Gasteiger partial charge in [0.2, 0.25) is 0 Å². The number of ether oxygens (including phenoxy) is 4. The molecule has 0 aromatic carbocycles. The predicted molar refractivity (Wildman–Crippen MR) is 108 cm³/mol. The molecule has 26 heavy (non-hydrogen) atoms. The summed E-state index contributed by atoms with van der Waals surface area (Å²) in [6.45, 7) is 20.1. The van der Waals surface area contributed by atoms with Crippen LogP contribution in [0.2, 0.25) is 0 Å². The molecule has 156 valence electrons. The lowest BCUT2D eigenvalue weighted by molar-refractivity contribution is -0.215. The summed E-state index contributed by atoms with van der Waals surface area (Å²) in [5.74, 6) is 0. The molecule has 4 unspecified atom stereocenters. The van der Waals surface area contributed by atoms with E-state index in [4.69, 9.17) is 18.9 Å². The second-order valence-corrected chi connectivity index (χ2v) is 8.99. The van der Waals surface area contributed by atoms with Crippen LogP contribution >= 0.6 is 0 Å². The van der Waals surface area contributed by atoms with E-state index in [2.05, 4.69) is 55.4 Å². The molecule has 0 radical (unpaired) electrons. The quantitative estimate of drug-likeness (QED) is 0.651. The predicted octanol–water partition coefficient (Wildman–Crippen LogP) is 5.52. The van der Waals surface area contributed by atoms with Crippen molar-refractivity contribution in [2.75, 3.05) is 26.4 Å². The molecule has 0 spiro atoms. The Morgan fingerprint density at radius 2 is 1.19 bits per heavy atom. The molecule has 0 saturated carbocycles. The van der Waals surface area contributed by atoms with Gasteiger partial charge in [-0.2, -0.15) is 0 Å². The van der Waals surface area contributed by atoms with Crippen molar-refractivity contribution in [2.45, 2.75) is 116 Å². The van der Waals surface area contributed by atoms with Gasteiger partial charge >= 0.3 is 0 Å². The molecule has 0 amide bonds. The second-order valence-electron chi connectivity index (χ2n) is 8.99. The third-order valence-corrected chi connectivity index (χ3v) is 6.41. The lowest BCUT2D eigenvalue weighted by atomic mass is 9.84. The van der Waals surface area contributed by atoms with Crippen molar-refractivity contribution in [1.29, 1.82) is 0 Å². The minimum atomic E-state index is -0.305. The third kappa shape index (κ3) is 7.10. The highest BCUT2D eigenvalue weighted by Gasteiger charge is 2.41. The Hall–Kier alpha value is -0.160. The molecular weight excluding hydrogens is 328 g/mol. The Labute approximate surface area is 162 Å². The van der Waals surface area contributed by atoms with Crippen molar-refractivity contribution in [3.05, 3.63) is 0 Å². The zero-order valence-electron chi connectivity index (χ0n) is 18.7. The van der Waals surface area contributed by atoms with Crippen molar-refractivity contribution < 1.29 is 18.9 Å². The van der Waals surface area contributed by atoms with Gasteiger partial charge in [0.05, 0.1) is 42.2 Å². The van der Waals surface area contributed by atoms with Crippen LogP contribution in [0.3, 0.4) is 0 Å². The van der Waals surface area contributed by atoms with Crippen LogP contribution in [-0.4, -0.2) is 48.8 Å². The maximum atomic E-state index is 6.77. The van der Waals surface area contributed by atoms with Crippen LogP contribution in [0.4, 0.5) is 0 Å². The van der Waals surface area contributed by atoms with E-state index in [1.807, 2.05) is 0 Å². The van der Waals surface area contributed by atoms with Gasteiger partial charge in [-0.05, 0) is 59.8 Å². The van der Waals surface area contributed by atoms with Crippen molar-refractivity contribution in [2.24, 2.45) is 0 Å². The van der Waals surface area contributed by atoms with E-state index < -0.39 is 0 Å². The molecule has 1 aliphatic heterocycles. The minimum Gasteiger partial charge on any atom is -0.379 e. The zero-order valence-corrected chi connectivity index (χ0v) is 18.7. The first-order valence-corrected chi connectivity index (χ1v) is 10.6. The fourth-order valence-corrected chi connectivity index (χ4v) is 3.52. The van der Waals surface area contributed by atoms with Gasteiger partial charge in [0.25, 0.3) is 0 Å². The van der Waals surface area contributed by atoms with Crippen LogP contribution in [0.15, 0.2) is 0 Å². The molecule has 1 rings (SSSR count). The first-order chi connectivity index (χ1) is 12.1. The largest absolute Gasteiger partial charge is 0.379 e. The summed E-state index contributed by atoms with van der Waals surface area (Å²) in [4.78, 5) is 0. The van der Waals surface area contributed by atoms with Crippen molar-refractivity contribution >= 4 is 0 Å². The average Bonchev–Trinajstić information content (AvgIpc) is 2.62. The zero-order chi connectivity index (χ0) is 19.9. The SMILES string of the molecule is CCC1(C)CCOCCOC(C)(CC)CC(C)(CC)OC(C)(CC)CO1. The van der Waals surface area contributed by atoms with E-state index in [1.54, 1.807) is 0 Å². The maximum absolute atomic E-state index is 6.77. The topological polar surface area (TPSA) is 36.9 Å². The summed E-state index contributed by atoms with van der Waals surface area (Å²) in [7, 11) is 0. The van der Waals surface area contributed by atoms with E-state index in [0.717, 1.165) is 38.5 Å². The molecule has 0 bridgehead atoms. The minimum absolute atomic E-state index is 0.175. The Morgan fingerprint density at radius 3 is 1.73 bits per heavy atom. The Kier molecular flexibility index (Phi) is 9.06. The van der Waals surface area contributed by atoms with Gasteiger partial charge in [0.15, 0.2) is 0 Å². The molecule has 1 aliphatic rings. The lowest BCUT2D eigenvalue weighted by Gasteiger charge is -2.45. The smallest absolute Gasteiger partial charge is 0.0891 e. The molecule has 4 atom stereocenters. The van der Waals surface area contributed by atoms with Gasteiger partial charge in [0, 0.05) is 13.0 Å². The van der Waals surface area contributed by atoms with Gasteiger partial charge in [-0.3, -0.25) is 0 Å². The Bertz CT molecular complexity index is 415. The Balaban J connectivity index is 3.06. The summed E-state index contributed by atoms with van der Waals surface area (Å²) in [5.41, 5.74) is -0.926. The number of hydrogen-bond acceptors (Lipinski definition) is 4. The van der Waals surface area contributed by atoms with Gasteiger partial charge in [0.1, 0.15) is 0 Å². The molecule has 0 N–H and O–H groups in total. The summed E-state index contributed by atoms with van der Waals surface area (Å²) in [6, 6.07) is 0. The molecule has 4 nitrogen and oxygen atoms in total. The molecule has 0 aromatic rings. The van der Waals surface area contributed by atoms with Gasteiger partial charge in [-0.25, -0.2) is 0 Å². The molecule has 0 aliphatic carbocycles. The van der Waals surface area contributed by atoms with E-state index >= 15 is 0 Å². The lowest BCUT2D eigenvalue weighted by Crippen LogP contribution is -2.49. The third-order valence-electron chi connectivity index (χ3n) is 6.41. The molecule has 4 heteroatoms. The van der Waals surface area contributed by atoms with Crippen LogP contribution in [0.25, 0.3) is 0 Å². The standard InChI is InChI=1S/C22H44O4/c1-9-19(5)13-14-23-15-16-24-20(6,10-2)17-21(7,11-3)26-22(8,12-4)18-25-19/h9-18H2,1-8H3. The maximum Gasteiger partial charge on any atom is 0.0891 e. The van der Waals surface area contributed by atoms with Crippen LogP contribution < -0.4 is 0 Å². The van der Waals surface area contributed by atoms with Crippen LogP contribution in [-0.2, 0) is 18.9 Å². The van der Waals surface area contributed by atoms with Crippen LogP contribution in [0.5, 0.6) is 0 Å². The highest BCUT2D eigenvalue weighted by molar-refractivity contribution is 4.90. The normalized spacial score (nSPS) is 41.5. The summed E-state index contributed by atoms with van der Waals surface area (Å²) in [6.07, 6.45) is 5.55. The summed E-state index contributed by atoms with van der Waals surface area (Å²) >= 11 is 0. The summed E-state index contributed by atoms with van der Waals surface area (Å²) in [5, 5.41) is 0. The first-order valence-electron chi connectivity index (χ1n) is 10.6. The van der Waals surface area contributed by atoms with Crippen LogP contribution in [0.1, 0.15) is 93.9 Å². The van der Waals surface area contributed by atoms with E-state index in [1.165, 1.54) is 0 Å². The molecule has 1 saturated heterocycles. The first kappa shape index (κ1) is 23.9. The fraction of sp³-hybridized carbons (Fsp3) is 1.00. The second kappa shape index (κ2) is 9.86. The summed E-state index contributed by atoms with van der Waals surface area (Å²) < 4.78 is 25.3. The molecule has 1 heterocycles. The van der Waals surface area contributed by atoms with Gasteiger partial charge < -0.3 is 18.9 Å². The number of hydrogen-bond donors (Lipinski definition) is 0. The molecule has 0 aromatic heterocycles. The van der Waals surface area contributed by atoms with E-state index in [9.17, 15) is 0 Å². The van der Waals surface area contributed by atoms with Crippen molar-refractivity contribution in [3.63, 3.8) is 0 Å². The van der Waals surface area contributed by atoms with Crippen molar-refractivity contribution in [1.82, 2.24) is 0 Å².